The van der Waals surface area contributed by atoms with Crippen LogP contribution in [-0.2, 0) is 14.3 Å². The van der Waals surface area contributed by atoms with Crippen LogP contribution in [0.3, 0.4) is 0 Å². The van der Waals surface area contributed by atoms with E-state index >= 15 is 0 Å². The zero-order valence-electron chi connectivity index (χ0n) is 13.8. The van der Waals surface area contributed by atoms with Crippen LogP contribution >= 0.6 is 23.2 Å². The Morgan fingerprint density at radius 3 is 2.77 bits per heavy atom. The van der Waals surface area contributed by atoms with Gasteiger partial charge in [-0.1, -0.05) is 47.5 Å². The molecule has 0 unspecified atom stereocenters. The number of hydrogen-bond donors (Lipinski definition) is 1. The van der Waals surface area contributed by atoms with Gasteiger partial charge in [-0.05, 0) is 30.7 Å². The van der Waals surface area contributed by atoms with Crippen molar-refractivity contribution in [1.29, 1.82) is 0 Å². The van der Waals surface area contributed by atoms with E-state index in [0.29, 0.717) is 27.1 Å². The molecule has 3 rings (SSSR count). The van der Waals surface area contributed by atoms with Crippen molar-refractivity contribution in [2.45, 2.75) is 6.92 Å². The van der Waals surface area contributed by atoms with E-state index in [-0.39, 0.29) is 6.61 Å². The van der Waals surface area contributed by atoms with Crippen molar-refractivity contribution in [1.82, 2.24) is 0 Å². The number of halogens is 2. The Kier molecular flexibility index (Phi) is 5.49. The number of fused-ring (bicyclic) bond motifs is 1. The number of ether oxygens (including phenoxy) is 2. The molecule has 0 atom stereocenters. The predicted molar refractivity (Wildman–Crippen MR) is 101 cm³/mol. The third kappa shape index (κ3) is 4.00. The monoisotopic (exact) mass is 391 g/mol. The molecule has 0 radical (unpaired) electrons. The minimum absolute atomic E-state index is 0.0903. The summed E-state index contributed by atoms with van der Waals surface area (Å²) in [6, 6.07) is 10.7. The van der Waals surface area contributed by atoms with Crippen LogP contribution in [0.5, 0.6) is 5.75 Å². The lowest BCUT2D eigenvalue weighted by molar-refractivity contribution is -0.143. The van der Waals surface area contributed by atoms with Crippen LogP contribution in [0.2, 0.25) is 10.0 Å². The molecular formula is C19H15Cl2NO4. The summed E-state index contributed by atoms with van der Waals surface area (Å²) in [6.07, 6.45) is 1.69. The van der Waals surface area contributed by atoms with E-state index in [1.807, 2.05) is 24.3 Å². The lowest BCUT2D eigenvalue weighted by atomic mass is 10.1. The van der Waals surface area contributed by atoms with Crippen molar-refractivity contribution in [2.75, 3.05) is 18.5 Å². The fourth-order valence-electron chi connectivity index (χ4n) is 2.40. The second-order valence-corrected chi connectivity index (χ2v) is 6.46. The van der Waals surface area contributed by atoms with Crippen molar-refractivity contribution in [2.24, 2.45) is 0 Å². The molecule has 0 saturated heterocycles. The van der Waals surface area contributed by atoms with E-state index < -0.39 is 18.5 Å². The fraction of sp³-hybridized carbons (Fsp3) is 0.158. The zero-order valence-corrected chi connectivity index (χ0v) is 15.4. The van der Waals surface area contributed by atoms with Crippen molar-refractivity contribution in [3.8, 4) is 5.75 Å². The molecule has 1 N–H and O–H groups in total. The van der Waals surface area contributed by atoms with E-state index in [0.717, 1.165) is 11.1 Å². The molecule has 0 saturated carbocycles. The van der Waals surface area contributed by atoms with Gasteiger partial charge in [0.05, 0.1) is 21.3 Å². The number of anilines is 1. The number of amides is 1. The van der Waals surface area contributed by atoms with Crippen LogP contribution in [0, 0.1) is 6.92 Å². The molecule has 0 aromatic heterocycles. The number of nitrogens with one attached hydrogen (secondary N) is 1. The largest absolute Gasteiger partial charge is 0.488 e. The zero-order chi connectivity index (χ0) is 18.7. The summed E-state index contributed by atoms with van der Waals surface area (Å²) in [5, 5.41) is 3.21. The SMILES string of the molecule is Cc1ccc(Cl)c(NC(=O)COC(=O)C2=Cc3ccccc3OC2)c1Cl. The van der Waals surface area contributed by atoms with Gasteiger partial charge in [0.25, 0.3) is 5.91 Å². The first-order valence-electron chi connectivity index (χ1n) is 7.79. The van der Waals surface area contributed by atoms with E-state index in [1.54, 1.807) is 25.1 Å². The number of carbonyl (C=O) groups excluding carboxylic acids is 2. The predicted octanol–water partition coefficient (Wildman–Crippen LogP) is 4.26. The molecular weight excluding hydrogens is 377 g/mol. The van der Waals surface area contributed by atoms with Gasteiger partial charge < -0.3 is 14.8 Å². The van der Waals surface area contributed by atoms with Gasteiger partial charge in [0, 0.05) is 5.56 Å². The van der Waals surface area contributed by atoms with Gasteiger partial charge in [-0.25, -0.2) is 4.79 Å². The molecule has 1 aliphatic heterocycles. The van der Waals surface area contributed by atoms with E-state index in [1.165, 1.54) is 0 Å². The average Bonchev–Trinajstić information content (AvgIpc) is 2.66. The Balaban J connectivity index is 1.61. The van der Waals surface area contributed by atoms with Gasteiger partial charge in [0.1, 0.15) is 12.4 Å². The summed E-state index contributed by atoms with van der Waals surface area (Å²) in [5.74, 6) is -0.452. The Bertz CT molecular complexity index is 908. The highest BCUT2D eigenvalue weighted by Crippen LogP contribution is 2.32. The number of benzene rings is 2. The molecule has 7 heteroatoms. The van der Waals surface area contributed by atoms with Gasteiger partial charge in [-0.2, -0.15) is 0 Å². The van der Waals surface area contributed by atoms with Crippen LogP contribution in [0.15, 0.2) is 42.0 Å². The Morgan fingerprint density at radius 1 is 1.19 bits per heavy atom. The quantitative estimate of drug-likeness (QED) is 0.790. The molecule has 5 nitrogen and oxygen atoms in total. The Labute approximate surface area is 160 Å². The molecule has 2 aromatic carbocycles. The molecule has 0 bridgehead atoms. The third-order valence-corrected chi connectivity index (χ3v) is 4.58. The molecule has 2 aromatic rings. The molecule has 26 heavy (non-hydrogen) atoms. The first-order valence-corrected chi connectivity index (χ1v) is 8.55. The van der Waals surface area contributed by atoms with Crippen molar-refractivity contribution in [3.05, 3.63) is 63.1 Å². The van der Waals surface area contributed by atoms with E-state index in [4.69, 9.17) is 32.7 Å². The maximum absolute atomic E-state index is 12.2. The summed E-state index contributed by atoms with van der Waals surface area (Å²) in [6.45, 7) is 1.42. The van der Waals surface area contributed by atoms with Crippen LogP contribution in [0.25, 0.3) is 6.08 Å². The highest BCUT2D eigenvalue weighted by Gasteiger charge is 2.19. The second-order valence-electron chi connectivity index (χ2n) is 5.67. The first kappa shape index (κ1) is 18.3. The number of rotatable bonds is 4. The van der Waals surface area contributed by atoms with Crippen LogP contribution in [0.4, 0.5) is 5.69 Å². The number of hydrogen-bond acceptors (Lipinski definition) is 4. The lowest BCUT2D eigenvalue weighted by Crippen LogP contribution is -2.24. The highest BCUT2D eigenvalue weighted by molar-refractivity contribution is 6.40. The Morgan fingerprint density at radius 2 is 1.96 bits per heavy atom. The standard InChI is InChI=1S/C19H15Cl2NO4/c1-11-6-7-14(20)18(17(11)21)22-16(23)10-26-19(24)13-8-12-4-2-3-5-15(12)25-9-13/h2-8H,9-10H2,1H3,(H,22,23). The average molecular weight is 392 g/mol. The highest BCUT2D eigenvalue weighted by atomic mass is 35.5. The molecule has 1 aliphatic rings. The second kappa shape index (κ2) is 7.81. The number of aryl methyl sites for hydroxylation is 1. The third-order valence-electron chi connectivity index (χ3n) is 3.78. The van der Waals surface area contributed by atoms with Gasteiger partial charge >= 0.3 is 5.97 Å². The summed E-state index contributed by atoms with van der Waals surface area (Å²) in [7, 11) is 0. The van der Waals surface area contributed by atoms with Crippen LogP contribution in [0.1, 0.15) is 11.1 Å². The lowest BCUT2D eigenvalue weighted by Gasteiger charge is -2.17. The minimum Gasteiger partial charge on any atom is -0.488 e. The molecule has 1 amide bonds. The first-order chi connectivity index (χ1) is 12.5. The molecule has 134 valence electrons. The van der Waals surface area contributed by atoms with Crippen molar-refractivity contribution in [3.63, 3.8) is 0 Å². The van der Waals surface area contributed by atoms with Crippen LogP contribution < -0.4 is 10.1 Å². The van der Waals surface area contributed by atoms with Crippen LogP contribution in [-0.4, -0.2) is 25.1 Å². The van der Waals surface area contributed by atoms with E-state index in [2.05, 4.69) is 5.32 Å². The number of esters is 1. The van der Waals surface area contributed by atoms with Gasteiger partial charge in [0.15, 0.2) is 6.61 Å². The molecule has 1 heterocycles. The van der Waals surface area contributed by atoms with Crippen molar-refractivity contribution >= 4 is 46.8 Å². The molecule has 0 fully saturated rings. The smallest absolute Gasteiger partial charge is 0.338 e. The summed E-state index contributed by atoms with van der Waals surface area (Å²) < 4.78 is 10.6. The molecule has 0 aliphatic carbocycles. The fourth-order valence-corrected chi connectivity index (χ4v) is 2.87. The number of para-hydroxylation sites is 1. The Hall–Kier alpha value is -2.50. The van der Waals surface area contributed by atoms with Gasteiger partial charge in [0.2, 0.25) is 0 Å². The maximum Gasteiger partial charge on any atom is 0.338 e. The van der Waals surface area contributed by atoms with Gasteiger partial charge in [-0.15, -0.1) is 0 Å². The normalized spacial score (nSPS) is 12.5. The summed E-state index contributed by atoms with van der Waals surface area (Å²) in [4.78, 5) is 24.2. The van der Waals surface area contributed by atoms with E-state index in [9.17, 15) is 9.59 Å². The topological polar surface area (TPSA) is 64.6 Å². The minimum atomic E-state index is -0.615. The van der Waals surface area contributed by atoms with Gasteiger partial charge in [-0.3, -0.25) is 4.79 Å². The summed E-state index contributed by atoms with van der Waals surface area (Å²) in [5.41, 5.74) is 2.19. The summed E-state index contributed by atoms with van der Waals surface area (Å²) >= 11 is 12.2. The van der Waals surface area contributed by atoms with Crippen molar-refractivity contribution < 1.29 is 19.1 Å². The maximum atomic E-state index is 12.2. The molecule has 0 spiro atoms. The number of carbonyl (C=O) groups is 2.